The molecule has 4 N–H and O–H groups in total. The van der Waals surface area contributed by atoms with Gasteiger partial charge in [-0.2, -0.15) is 0 Å². The third-order valence-electron chi connectivity index (χ3n) is 4.15. The molecule has 0 heterocycles. The van der Waals surface area contributed by atoms with Crippen LogP contribution in [0.3, 0.4) is 0 Å². The lowest BCUT2D eigenvalue weighted by atomic mass is 10.2. The maximum atomic E-state index is 12.1. The largest absolute Gasteiger partial charge is 0.497 e. The second-order valence-corrected chi connectivity index (χ2v) is 8.30. The van der Waals surface area contributed by atoms with E-state index in [0.29, 0.717) is 17.0 Å². The summed E-state index contributed by atoms with van der Waals surface area (Å²) in [5.74, 6) is 0.580. The van der Waals surface area contributed by atoms with E-state index in [0.717, 1.165) is 0 Å². The predicted molar refractivity (Wildman–Crippen MR) is 118 cm³/mol. The molecule has 0 saturated carbocycles. The number of methoxy groups -OCH3 is 2. The maximum absolute atomic E-state index is 12.1. The fraction of sp³-hybridized carbons (Fsp3) is 0.300. The van der Waals surface area contributed by atoms with E-state index in [-0.39, 0.29) is 36.2 Å². The van der Waals surface area contributed by atoms with Gasteiger partial charge in [-0.15, -0.1) is 0 Å². The molecular formula is C20H26N4O6S. The SMILES string of the molecule is CCS(=O)(=O)Nc1ccc(NC(=O)NCCNC(=O)c2ccc(OC)cc2)cc1OC. The molecule has 0 radical (unpaired) electrons. The molecule has 0 spiro atoms. The molecule has 3 amide bonds. The number of hydrogen-bond acceptors (Lipinski definition) is 6. The van der Waals surface area contributed by atoms with E-state index in [1.807, 2.05) is 0 Å². The minimum atomic E-state index is -3.46. The Labute approximate surface area is 181 Å². The standard InChI is InChI=1S/C20H26N4O6S/c1-4-31(27,28)24-17-10-7-15(13-18(17)30-3)23-20(26)22-12-11-21-19(25)14-5-8-16(29-2)9-6-14/h5-10,13,24H,4,11-12H2,1-3H3,(H,21,25)(H2,22,23,26). The fourth-order valence-electron chi connectivity index (χ4n) is 2.46. The van der Waals surface area contributed by atoms with Gasteiger partial charge in [0.05, 0.1) is 25.7 Å². The smallest absolute Gasteiger partial charge is 0.319 e. The van der Waals surface area contributed by atoms with Gasteiger partial charge >= 0.3 is 6.03 Å². The van der Waals surface area contributed by atoms with Crippen molar-refractivity contribution in [1.29, 1.82) is 0 Å². The lowest BCUT2D eigenvalue weighted by Gasteiger charge is -2.13. The Morgan fingerprint density at radius 1 is 0.935 bits per heavy atom. The number of anilines is 2. The second-order valence-electron chi connectivity index (χ2n) is 6.29. The van der Waals surface area contributed by atoms with Gasteiger partial charge in [0.1, 0.15) is 11.5 Å². The number of carbonyl (C=O) groups is 2. The first-order valence-corrected chi connectivity index (χ1v) is 11.1. The van der Waals surface area contributed by atoms with Crippen LogP contribution >= 0.6 is 0 Å². The maximum Gasteiger partial charge on any atom is 0.319 e. The van der Waals surface area contributed by atoms with E-state index in [2.05, 4.69) is 20.7 Å². The number of hydrogen-bond donors (Lipinski definition) is 4. The van der Waals surface area contributed by atoms with Crippen molar-refractivity contribution in [1.82, 2.24) is 10.6 Å². The van der Waals surface area contributed by atoms with Crippen LogP contribution < -0.4 is 30.1 Å². The number of rotatable bonds is 10. The van der Waals surface area contributed by atoms with Gasteiger partial charge in [-0.3, -0.25) is 9.52 Å². The zero-order valence-electron chi connectivity index (χ0n) is 17.5. The van der Waals surface area contributed by atoms with E-state index in [1.165, 1.54) is 26.2 Å². The summed E-state index contributed by atoms with van der Waals surface area (Å²) in [6.07, 6.45) is 0. The van der Waals surface area contributed by atoms with Gasteiger partial charge in [0.2, 0.25) is 10.0 Å². The van der Waals surface area contributed by atoms with Crippen LogP contribution in [0.25, 0.3) is 0 Å². The number of sulfonamides is 1. The van der Waals surface area contributed by atoms with Gasteiger partial charge in [-0.25, -0.2) is 13.2 Å². The average Bonchev–Trinajstić information content (AvgIpc) is 2.77. The van der Waals surface area contributed by atoms with Crippen LogP contribution in [-0.4, -0.2) is 53.4 Å². The zero-order chi connectivity index (χ0) is 22.9. The van der Waals surface area contributed by atoms with E-state index < -0.39 is 16.1 Å². The van der Waals surface area contributed by atoms with Crippen LogP contribution in [0.2, 0.25) is 0 Å². The fourth-order valence-corrected chi connectivity index (χ4v) is 3.11. The molecule has 0 atom stereocenters. The van der Waals surface area contributed by atoms with E-state index >= 15 is 0 Å². The third kappa shape index (κ3) is 7.37. The van der Waals surface area contributed by atoms with Gasteiger partial charge in [0, 0.05) is 30.4 Å². The molecule has 0 aliphatic carbocycles. The summed E-state index contributed by atoms with van der Waals surface area (Å²) in [5.41, 5.74) is 1.17. The van der Waals surface area contributed by atoms with E-state index in [9.17, 15) is 18.0 Å². The van der Waals surface area contributed by atoms with Crippen molar-refractivity contribution >= 4 is 33.3 Å². The monoisotopic (exact) mass is 450 g/mol. The lowest BCUT2D eigenvalue weighted by molar-refractivity contribution is 0.0954. The Morgan fingerprint density at radius 3 is 2.23 bits per heavy atom. The molecule has 31 heavy (non-hydrogen) atoms. The Morgan fingerprint density at radius 2 is 1.61 bits per heavy atom. The quantitative estimate of drug-likeness (QED) is 0.409. The molecule has 0 aromatic heterocycles. The predicted octanol–water partition coefficient (Wildman–Crippen LogP) is 2.02. The highest BCUT2D eigenvalue weighted by molar-refractivity contribution is 7.92. The molecule has 0 bridgehead atoms. The third-order valence-corrected chi connectivity index (χ3v) is 5.44. The molecule has 2 aromatic rings. The van der Waals surface area contributed by atoms with Crippen LogP contribution in [-0.2, 0) is 10.0 Å². The molecule has 0 aliphatic heterocycles. The van der Waals surface area contributed by atoms with Crippen molar-refractivity contribution in [2.45, 2.75) is 6.92 Å². The molecule has 2 rings (SSSR count). The van der Waals surface area contributed by atoms with Gasteiger partial charge in [-0.05, 0) is 43.3 Å². The molecule has 0 unspecified atom stereocenters. The summed E-state index contributed by atoms with van der Waals surface area (Å²) in [6, 6.07) is 10.7. The Bertz CT molecular complexity index is 1010. The summed E-state index contributed by atoms with van der Waals surface area (Å²) in [4.78, 5) is 24.1. The minimum absolute atomic E-state index is 0.0758. The van der Waals surface area contributed by atoms with Crippen LogP contribution in [0.15, 0.2) is 42.5 Å². The van der Waals surface area contributed by atoms with Crippen LogP contribution in [0.5, 0.6) is 11.5 Å². The summed E-state index contributed by atoms with van der Waals surface area (Å²) in [7, 11) is -0.514. The normalized spacial score (nSPS) is 10.7. The number of nitrogens with one attached hydrogen (secondary N) is 4. The van der Waals surface area contributed by atoms with Crippen LogP contribution in [0.1, 0.15) is 17.3 Å². The van der Waals surface area contributed by atoms with Gasteiger partial charge < -0.3 is 25.4 Å². The Kier molecular flexibility index (Phi) is 8.50. The summed E-state index contributed by atoms with van der Waals surface area (Å²) >= 11 is 0. The van der Waals surface area contributed by atoms with Crippen molar-refractivity contribution in [3.8, 4) is 11.5 Å². The van der Waals surface area contributed by atoms with Crippen LogP contribution in [0, 0.1) is 0 Å². The van der Waals surface area contributed by atoms with Crippen molar-refractivity contribution in [3.05, 3.63) is 48.0 Å². The summed E-state index contributed by atoms with van der Waals surface area (Å²) in [5, 5.41) is 7.94. The first kappa shape index (κ1) is 23.8. The van der Waals surface area contributed by atoms with Gasteiger partial charge in [-0.1, -0.05) is 0 Å². The number of amides is 3. The molecule has 0 saturated heterocycles. The second kappa shape index (κ2) is 11.1. The summed E-state index contributed by atoms with van der Waals surface area (Å²) in [6.45, 7) is 1.97. The van der Waals surface area contributed by atoms with E-state index in [4.69, 9.17) is 9.47 Å². The topological polar surface area (TPSA) is 135 Å². The first-order chi connectivity index (χ1) is 14.8. The highest BCUT2D eigenvalue weighted by Gasteiger charge is 2.12. The number of ether oxygens (including phenoxy) is 2. The zero-order valence-corrected chi connectivity index (χ0v) is 18.3. The Hall–Kier alpha value is -3.47. The average molecular weight is 451 g/mol. The van der Waals surface area contributed by atoms with Crippen molar-refractivity contribution < 1.29 is 27.5 Å². The highest BCUT2D eigenvalue weighted by Crippen LogP contribution is 2.28. The molecular weight excluding hydrogens is 424 g/mol. The first-order valence-electron chi connectivity index (χ1n) is 9.43. The minimum Gasteiger partial charge on any atom is -0.497 e. The molecule has 11 heteroatoms. The molecule has 168 valence electrons. The van der Waals surface area contributed by atoms with Gasteiger partial charge in [0.15, 0.2) is 0 Å². The van der Waals surface area contributed by atoms with Crippen molar-refractivity contribution in [2.24, 2.45) is 0 Å². The van der Waals surface area contributed by atoms with Crippen molar-refractivity contribution in [2.75, 3.05) is 43.1 Å². The summed E-state index contributed by atoms with van der Waals surface area (Å²) < 4.78 is 36.1. The number of urea groups is 1. The molecule has 2 aromatic carbocycles. The molecule has 0 aliphatic rings. The Balaban J connectivity index is 1.82. The lowest BCUT2D eigenvalue weighted by Crippen LogP contribution is -2.36. The number of carbonyl (C=O) groups excluding carboxylic acids is 2. The highest BCUT2D eigenvalue weighted by atomic mass is 32.2. The molecule has 0 fully saturated rings. The van der Waals surface area contributed by atoms with Gasteiger partial charge in [0.25, 0.3) is 5.91 Å². The van der Waals surface area contributed by atoms with E-state index in [1.54, 1.807) is 37.4 Å². The van der Waals surface area contributed by atoms with Crippen LogP contribution in [0.4, 0.5) is 16.2 Å². The number of benzene rings is 2. The van der Waals surface area contributed by atoms with Crippen molar-refractivity contribution in [3.63, 3.8) is 0 Å². The molecule has 10 nitrogen and oxygen atoms in total.